The number of hydrogen-bond acceptors (Lipinski definition) is 4. The van der Waals surface area contributed by atoms with Gasteiger partial charge in [-0.2, -0.15) is 0 Å². The second-order valence-electron chi connectivity index (χ2n) is 5.63. The van der Waals surface area contributed by atoms with Crippen molar-refractivity contribution in [3.63, 3.8) is 0 Å². The molecule has 0 saturated carbocycles. The Morgan fingerprint density at radius 3 is 2.26 bits per heavy atom. The van der Waals surface area contributed by atoms with Crippen molar-refractivity contribution in [1.29, 1.82) is 0 Å². The van der Waals surface area contributed by atoms with Crippen molar-refractivity contribution in [1.82, 2.24) is 0 Å². The van der Waals surface area contributed by atoms with Crippen LogP contribution < -0.4 is 20.1 Å². The number of aryl methyl sites for hydroxylation is 1. The lowest BCUT2D eigenvalue weighted by Gasteiger charge is -2.45. The summed E-state index contributed by atoms with van der Waals surface area (Å²) in [4.78, 5) is 14.0. The minimum absolute atomic E-state index is 0.0753. The second-order valence-corrected chi connectivity index (χ2v) is 5.63. The molecular formula is C18H20N2O3. The third kappa shape index (κ3) is 2.53. The van der Waals surface area contributed by atoms with Gasteiger partial charge >= 0.3 is 0 Å². The lowest BCUT2D eigenvalue weighted by Crippen LogP contribution is -2.63. The number of carbonyl (C=O) groups excluding carboxylic acids is 1. The molecule has 1 heterocycles. The Kier molecular flexibility index (Phi) is 3.96. The van der Waals surface area contributed by atoms with Crippen LogP contribution in [0.15, 0.2) is 42.5 Å². The smallest absolute Gasteiger partial charge is 0.247 e. The molecule has 3 rings (SSSR count). The molecule has 1 aliphatic heterocycles. The number of rotatable bonds is 4. The molecule has 2 aromatic rings. The maximum absolute atomic E-state index is 12.3. The first-order valence-electron chi connectivity index (χ1n) is 7.44. The molecule has 5 nitrogen and oxygen atoms in total. The Hall–Kier alpha value is -2.53. The van der Waals surface area contributed by atoms with Gasteiger partial charge in [0, 0.05) is 5.69 Å². The van der Waals surface area contributed by atoms with Gasteiger partial charge in [-0.3, -0.25) is 4.79 Å². The van der Waals surface area contributed by atoms with Gasteiger partial charge in [-0.15, -0.1) is 0 Å². The van der Waals surface area contributed by atoms with Crippen molar-refractivity contribution < 1.29 is 14.3 Å². The third-order valence-corrected chi connectivity index (χ3v) is 4.20. The summed E-state index contributed by atoms with van der Waals surface area (Å²) in [6.45, 7) is 2.01. The van der Waals surface area contributed by atoms with Gasteiger partial charge in [0.1, 0.15) is 6.04 Å². The molecule has 23 heavy (non-hydrogen) atoms. The average molecular weight is 312 g/mol. The van der Waals surface area contributed by atoms with Gasteiger partial charge in [0.15, 0.2) is 11.5 Å². The number of nitrogens with two attached hydrogens (primary N) is 1. The molecule has 2 aromatic carbocycles. The number of amides is 1. The number of β-lactam (4-membered cyclic amide) rings is 1. The van der Waals surface area contributed by atoms with Crippen LogP contribution in [0.5, 0.6) is 11.5 Å². The fraction of sp³-hybridized carbons (Fsp3) is 0.278. The van der Waals surface area contributed by atoms with Gasteiger partial charge in [-0.25, -0.2) is 0 Å². The van der Waals surface area contributed by atoms with E-state index in [1.807, 2.05) is 49.4 Å². The zero-order valence-electron chi connectivity index (χ0n) is 13.4. The number of carbonyl (C=O) groups is 1. The van der Waals surface area contributed by atoms with Gasteiger partial charge in [0.2, 0.25) is 5.91 Å². The van der Waals surface area contributed by atoms with Crippen LogP contribution in [0.3, 0.4) is 0 Å². The number of methoxy groups -OCH3 is 2. The summed E-state index contributed by atoms with van der Waals surface area (Å²) >= 11 is 0. The molecule has 1 amide bonds. The number of nitrogens with zero attached hydrogens (tertiary/aromatic N) is 1. The lowest BCUT2D eigenvalue weighted by atomic mass is 9.88. The van der Waals surface area contributed by atoms with E-state index in [0.29, 0.717) is 11.5 Å². The van der Waals surface area contributed by atoms with Crippen molar-refractivity contribution in [2.45, 2.75) is 19.0 Å². The lowest BCUT2D eigenvalue weighted by molar-refractivity contribution is -0.126. The summed E-state index contributed by atoms with van der Waals surface area (Å²) in [5.41, 5.74) is 8.98. The van der Waals surface area contributed by atoms with Crippen LogP contribution in [0, 0.1) is 6.92 Å². The van der Waals surface area contributed by atoms with E-state index in [9.17, 15) is 4.79 Å². The maximum Gasteiger partial charge on any atom is 0.247 e. The highest BCUT2D eigenvalue weighted by Crippen LogP contribution is 2.40. The molecule has 1 saturated heterocycles. The molecular weight excluding hydrogens is 292 g/mol. The fourth-order valence-electron chi connectivity index (χ4n) is 2.90. The van der Waals surface area contributed by atoms with Crippen molar-refractivity contribution in [3.05, 3.63) is 53.6 Å². The summed E-state index contributed by atoms with van der Waals surface area (Å²) < 4.78 is 10.6. The van der Waals surface area contributed by atoms with Crippen molar-refractivity contribution >= 4 is 11.6 Å². The minimum atomic E-state index is -0.547. The molecule has 0 bridgehead atoms. The second kappa shape index (κ2) is 5.93. The molecule has 1 fully saturated rings. The quantitative estimate of drug-likeness (QED) is 0.881. The Morgan fingerprint density at radius 2 is 1.65 bits per heavy atom. The van der Waals surface area contributed by atoms with E-state index < -0.39 is 6.04 Å². The minimum Gasteiger partial charge on any atom is -0.493 e. The van der Waals surface area contributed by atoms with E-state index in [4.69, 9.17) is 15.2 Å². The first kappa shape index (κ1) is 15.4. The standard InChI is InChI=1S/C18H20N2O3/c1-11-4-7-13(8-5-11)20-17(16(19)18(20)21)12-6-9-14(22-2)15(10-12)23-3/h4-10,16-17H,19H2,1-3H3/t16-,17+/m1/s1. The van der Waals surface area contributed by atoms with Crippen LogP contribution in [-0.4, -0.2) is 26.2 Å². The van der Waals surface area contributed by atoms with E-state index in [2.05, 4.69) is 0 Å². The first-order valence-corrected chi connectivity index (χ1v) is 7.44. The molecule has 0 aliphatic carbocycles. The SMILES string of the molecule is COc1ccc([C@H]2[C@@H](N)C(=O)N2c2ccc(C)cc2)cc1OC. The summed E-state index contributed by atoms with van der Waals surface area (Å²) in [7, 11) is 3.18. The van der Waals surface area contributed by atoms with E-state index in [1.54, 1.807) is 19.1 Å². The number of ether oxygens (including phenoxy) is 2. The van der Waals surface area contributed by atoms with Crippen LogP contribution in [0.2, 0.25) is 0 Å². The zero-order valence-corrected chi connectivity index (χ0v) is 13.4. The van der Waals surface area contributed by atoms with Crippen LogP contribution in [0.4, 0.5) is 5.69 Å². The highest BCUT2D eigenvalue weighted by molar-refractivity contribution is 6.05. The summed E-state index contributed by atoms with van der Waals surface area (Å²) in [5, 5.41) is 0. The van der Waals surface area contributed by atoms with Crippen LogP contribution in [0.1, 0.15) is 17.2 Å². The highest BCUT2D eigenvalue weighted by atomic mass is 16.5. The number of benzene rings is 2. The van der Waals surface area contributed by atoms with Crippen LogP contribution in [0.25, 0.3) is 0 Å². The predicted octanol–water partition coefficient (Wildman–Crippen LogP) is 2.43. The van der Waals surface area contributed by atoms with Crippen molar-refractivity contribution in [2.24, 2.45) is 5.73 Å². The summed E-state index contributed by atoms with van der Waals surface area (Å²) in [6.07, 6.45) is 0. The Morgan fingerprint density at radius 1 is 1.00 bits per heavy atom. The zero-order chi connectivity index (χ0) is 16.6. The Balaban J connectivity index is 1.97. The molecule has 2 N–H and O–H groups in total. The number of hydrogen-bond donors (Lipinski definition) is 1. The molecule has 120 valence electrons. The average Bonchev–Trinajstić information content (AvgIpc) is 2.59. The van der Waals surface area contributed by atoms with Gasteiger partial charge in [-0.1, -0.05) is 23.8 Å². The normalized spacial score (nSPS) is 20.2. The molecule has 0 unspecified atom stereocenters. The van der Waals surface area contributed by atoms with E-state index >= 15 is 0 Å². The maximum atomic E-state index is 12.3. The summed E-state index contributed by atoms with van der Waals surface area (Å²) in [6, 6.07) is 12.7. The van der Waals surface area contributed by atoms with Crippen molar-refractivity contribution in [3.8, 4) is 11.5 Å². The number of anilines is 1. The molecule has 0 spiro atoms. The van der Waals surface area contributed by atoms with Crippen molar-refractivity contribution in [2.75, 3.05) is 19.1 Å². The fourth-order valence-corrected chi connectivity index (χ4v) is 2.90. The summed E-state index contributed by atoms with van der Waals surface area (Å²) in [5.74, 6) is 1.20. The van der Waals surface area contributed by atoms with Gasteiger partial charge in [0.05, 0.1) is 20.3 Å². The molecule has 0 radical (unpaired) electrons. The third-order valence-electron chi connectivity index (χ3n) is 4.20. The molecule has 2 atom stereocenters. The highest BCUT2D eigenvalue weighted by Gasteiger charge is 2.46. The monoisotopic (exact) mass is 312 g/mol. The van der Waals surface area contributed by atoms with E-state index in [1.165, 1.54) is 0 Å². The molecule has 5 heteroatoms. The van der Waals surface area contributed by atoms with E-state index in [0.717, 1.165) is 16.8 Å². The largest absolute Gasteiger partial charge is 0.493 e. The van der Waals surface area contributed by atoms with Gasteiger partial charge < -0.3 is 20.1 Å². The van der Waals surface area contributed by atoms with E-state index in [-0.39, 0.29) is 11.9 Å². The predicted molar refractivity (Wildman–Crippen MR) is 88.9 cm³/mol. The van der Waals surface area contributed by atoms with Crippen LogP contribution >= 0.6 is 0 Å². The van der Waals surface area contributed by atoms with Crippen LogP contribution in [-0.2, 0) is 4.79 Å². The molecule has 1 aliphatic rings. The Labute approximate surface area is 135 Å². The van der Waals surface area contributed by atoms with Gasteiger partial charge in [0.25, 0.3) is 0 Å². The topological polar surface area (TPSA) is 64.8 Å². The molecule has 0 aromatic heterocycles. The van der Waals surface area contributed by atoms with Gasteiger partial charge in [-0.05, 0) is 36.8 Å². The Bertz CT molecular complexity index is 728. The first-order chi connectivity index (χ1) is 11.1.